The van der Waals surface area contributed by atoms with Crippen molar-refractivity contribution in [2.75, 3.05) is 0 Å². The fourth-order valence-corrected chi connectivity index (χ4v) is 3.20. The van der Waals surface area contributed by atoms with Crippen LogP contribution in [0.1, 0.15) is 21.7 Å². The van der Waals surface area contributed by atoms with Crippen molar-refractivity contribution in [3.8, 4) is 0 Å². The number of imidazole rings is 1. The van der Waals surface area contributed by atoms with Crippen molar-refractivity contribution in [1.82, 2.24) is 14.4 Å². The van der Waals surface area contributed by atoms with Gasteiger partial charge < -0.3 is 5.11 Å². The molecule has 3 aromatic rings. The molecule has 6 heteroatoms. The van der Waals surface area contributed by atoms with E-state index in [0.29, 0.717) is 6.42 Å². The van der Waals surface area contributed by atoms with Crippen LogP contribution in [-0.4, -0.2) is 19.5 Å². The first-order chi connectivity index (χ1) is 8.22. The first-order valence-corrected chi connectivity index (χ1v) is 6.93. The Morgan fingerprint density at radius 3 is 3.12 bits per heavy atom. The summed E-state index contributed by atoms with van der Waals surface area (Å²) in [5.74, 6) is 0. The van der Waals surface area contributed by atoms with E-state index in [1.807, 2.05) is 29.1 Å². The lowest BCUT2D eigenvalue weighted by atomic mass is 10.2. The smallest absolute Gasteiger partial charge is 0.193 e. The Kier molecular flexibility index (Phi) is 2.70. The molecule has 3 rings (SSSR count). The Hall–Kier alpha value is -1.24. The molecule has 0 spiro atoms. The highest BCUT2D eigenvalue weighted by molar-refractivity contribution is 7.15. The predicted molar refractivity (Wildman–Crippen MR) is 68.6 cm³/mol. The molecular formula is C11H11N3OS2. The third kappa shape index (κ3) is 2.11. The summed E-state index contributed by atoms with van der Waals surface area (Å²) in [6.45, 7) is 1.94. The van der Waals surface area contributed by atoms with Crippen molar-refractivity contribution in [3.63, 3.8) is 0 Å². The molecule has 0 radical (unpaired) electrons. The molecule has 4 nitrogen and oxygen atoms in total. The third-order valence-electron chi connectivity index (χ3n) is 2.51. The quantitative estimate of drug-likeness (QED) is 0.791. The van der Waals surface area contributed by atoms with Gasteiger partial charge >= 0.3 is 0 Å². The number of aliphatic hydroxyl groups excluding tert-OH is 1. The molecular weight excluding hydrogens is 254 g/mol. The Morgan fingerprint density at radius 1 is 1.53 bits per heavy atom. The number of aromatic nitrogens is 3. The van der Waals surface area contributed by atoms with Gasteiger partial charge in [-0.05, 0) is 6.92 Å². The summed E-state index contributed by atoms with van der Waals surface area (Å²) < 4.78 is 1.98. The van der Waals surface area contributed by atoms with Gasteiger partial charge in [-0.25, -0.2) is 9.97 Å². The third-order valence-corrected chi connectivity index (χ3v) is 4.30. The Morgan fingerprint density at radius 2 is 2.41 bits per heavy atom. The minimum absolute atomic E-state index is 0.509. The van der Waals surface area contributed by atoms with Crippen molar-refractivity contribution < 1.29 is 5.11 Å². The topological polar surface area (TPSA) is 50.4 Å². The second-order valence-corrected chi connectivity index (χ2v) is 5.97. The van der Waals surface area contributed by atoms with Crippen molar-refractivity contribution in [2.45, 2.75) is 19.4 Å². The molecule has 0 saturated heterocycles. The molecule has 0 amide bonds. The minimum atomic E-state index is -0.509. The lowest BCUT2D eigenvalue weighted by Crippen LogP contribution is -1.99. The zero-order valence-electron chi connectivity index (χ0n) is 9.20. The van der Waals surface area contributed by atoms with Crippen LogP contribution in [-0.2, 0) is 6.42 Å². The van der Waals surface area contributed by atoms with Crippen molar-refractivity contribution in [3.05, 3.63) is 39.5 Å². The van der Waals surface area contributed by atoms with Gasteiger partial charge in [-0.1, -0.05) is 0 Å². The average molecular weight is 265 g/mol. The average Bonchev–Trinajstić information content (AvgIpc) is 2.92. The zero-order chi connectivity index (χ0) is 11.8. The van der Waals surface area contributed by atoms with E-state index in [1.54, 1.807) is 17.5 Å². The number of hydrogen-bond acceptors (Lipinski definition) is 5. The number of aliphatic hydroxyl groups is 1. The second-order valence-electron chi connectivity index (χ2n) is 3.83. The van der Waals surface area contributed by atoms with Gasteiger partial charge in [-0.2, -0.15) is 0 Å². The van der Waals surface area contributed by atoms with E-state index in [1.165, 1.54) is 11.3 Å². The van der Waals surface area contributed by atoms with E-state index in [9.17, 15) is 5.11 Å². The highest BCUT2D eigenvalue weighted by atomic mass is 32.1. The van der Waals surface area contributed by atoms with Crippen LogP contribution in [0.4, 0.5) is 0 Å². The summed E-state index contributed by atoms with van der Waals surface area (Å²) in [6.07, 6.45) is 5.70. The molecule has 1 unspecified atom stereocenters. The molecule has 88 valence electrons. The molecule has 1 N–H and O–H groups in total. The van der Waals surface area contributed by atoms with Crippen molar-refractivity contribution in [1.29, 1.82) is 0 Å². The number of hydrogen-bond donors (Lipinski definition) is 1. The van der Waals surface area contributed by atoms with Crippen LogP contribution in [0, 0.1) is 6.92 Å². The molecule has 0 bridgehead atoms. The van der Waals surface area contributed by atoms with E-state index >= 15 is 0 Å². The first kappa shape index (κ1) is 10.9. The monoisotopic (exact) mass is 265 g/mol. The number of rotatable bonds is 3. The standard InChI is InChI=1S/C11H11N3OS2/c1-7-12-5-10(17-7)9(15)4-8-6-14-2-3-16-11(14)13-8/h2-3,5-6,9,15H,4H2,1H3. The molecule has 17 heavy (non-hydrogen) atoms. The lowest BCUT2D eigenvalue weighted by Gasteiger charge is -2.04. The number of thiazole rings is 2. The van der Waals surface area contributed by atoms with Gasteiger partial charge in [-0.15, -0.1) is 22.7 Å². The Labute approximate surface area is 106 Å². The minimum Gasteiger partial charge on any atom is -0.387 e. The summed E-state index contributed by atoms with van der Waals surface area (Å²) in [5.41, 5.74) is 0.912. The molecule has 0 aliphatic rings. The summed E-state index contributed by atoms with van der Waals surface area (Å²) in [5, 5.41) is 13.0. The zero-order valence-corrected chi connectivity index (χ0v) is 10.8. The largest absolute Gasteiger partial charge is 0.387 e. The van der Waals surface area contributed by atoms with Gasteiger partial charge in [0.25, 0.3) is 0 Å². The Bertz CT molecular complexity index is 611. The number of fused-ring (bicyclic) bond motifs is 1. The van der Waals surface area contributed by atoms with Gasteiger partial charge in [0.1, 0.15) is 0 Å². The van der Waals surface area contributed by atoms with Gasteiger partial charge in [0, 0.05) is 30.4 Å². The second kappa shape index (κ2) is 4.21. The molecule has 3 aromatic heterocycles. The van der Waals surface area contributed by atoms with Crippen LogP contribution in [0.3, 0.4) is 0 Å². The SMILES string of the molecule is Cc1ncc(C(O)Cc2cn3ccsc3n2)s1. The van der Waals surface area contributed by atoms with Crippen LogP contribution in [0.15, 0.2) is 24.0 Å². The molecule has 0 aliphatic carbocycles. The molecule has 3 heterocycles. The molecule has 0 fully saturated rings. The van der Waals surface area contributed by atoms with Gasteiger partial charge in [-0.3, -0.25) is 4.40 Å². The van der Waals surface area contributed by atoms with Gasteiger partial charge in [0.2, 0.25) is 0 Å². The molecule has 0 aromatic carbocycles. The first-order valence-electron chi connectivity index (χ1n) is 5.24. The summed E-state index contributed by atoms with van der Waals surface area (Å²) in [6, 6.07) is 0. The maximum absolute atomic E-state index is 10.1. The lowest BCUT2D eigenvalue weighted by molar-refractivity contribution is 0.181. The fourth-order valence-electron chi connectivity index (χ4n) is 1.70. The van der Waals surface area contributed by atoms with Crippen LogP contribution in [0.25, 0.3) is 4.96 Å². The van der Waals surface area contributed by atoms with Crippen LogP contribution in [0.2, 0.25) is 0 Å². The summed E-state index contributed by atoms with van der Waals surface area (Å²) in [7, 11) is 0. The number of aryl methyl sites for hydroxylation is 1. The van der Waals surface area contributed by atoms with Crippen LogP contribution in [0.5, 0.6) is 0 Å². The van der Waals surface area contributed by atoms with Gasteiger partial charge in [0.15, 0.2) is 4.96 Å². The maximum Gasteiger partial charge on any atom is 0.193 e. The van der Waals surface area contributed by atoms with Crippen LogP contribution < -0.4 is 0 Å². The van der Waals surface area contributed by atoms with E-state index in [2.05, 4.69) is 9.97 Å². The highest BCUT2D eigenvalue weighted by Gasteiger charge is 2.13. The predicted octanol–water partition coefficient (Wildman–Crippen LogP) is 2.44. The van der Waals surface area contributed by atoms with Crippen molar-refractivity contribution >= 4 is 27.6 Å². The fraction of sp³-hybridized carbons (Fsp3) is 0.273. The summed E-state index contributed by atoms with van der Waals surface area (Å²) in [4.78, 5) is 10.5. The van der Waals surface area contributed by atoms with E-state index < -0.39 is 6.10 Å². The van der Waals surface area contributed by atoms with Crippen molar-refractivity contribution in [2.24, 2.45) is 0 Å². The number of nitrogens with zero attached hydrogens (tertiary/aromatic N) is 3. The normalized spacial score (nSPS) is 13.3. The van der Waals surface area contributed by atoms with Gasteiger partial charge in [0.05, 0.1) is 21.7 Å². The highest BCUT2D eigenvalue weighted by Crippen LogP contribution is 2.24. The summed E-state index contributed by atoms with van der Waals surface area (Å²) >= 11 is 3.13. The Balaban J connectivity index is 1.80. The van der Waals surface area contributed by atoms with Crippen LogP contribution >= 0.6 is 22.7 Å². The van der Waals surface area contributed by atoms with E-state index in [0.717, 1.165) is 20.5 Å². The molecule has 1 atom stereocenters. The molecule has 0 saturated carbocycles. The molecule has 0 aliphatic heterocycles. The van der Waals surface area contributed by atoms with E-state index in [-0.39, 0.29) is 0 Å². The maximum atomic E-state index is 10.1. The van der Waals surface area contributed by atoms with E-state index in [4.69, 9.17) is 0 Å².